The van der Waals surface area contributed by atoms with Crippen LogP contribution in [0.15, 0.2) is 30.3 Å². The smallest absolute Gasteiger partial charge is 0.326 e. The number of nitrogens with one attached hydrogen (secondary N) is 2. The van der Waals surface area contributed by atoms with Gasteiger partial charge in [-0.15, -0.1) is 0 Å². The molecule has 0 saturated heterocycles. The van der Waals surface area contributed by atoms with Crippen LogP contribution in [0.25, 0.3) is 0 Å². The van der Waals surface area contributed by atoms with Crippen molar-refractivity contribution in [2.24, 2.45) is 11.7 Å². The number of ether oxygens (including phenoxy) is 1. The highest BCUT2D eigenvalue weighted by atomic mass is 32.1. The van der Waals surface area contributed by atoms with E-state index >= 15 is 0 Å². The highest BCUT2D eigenvalue weighted by Crippen LogP contribution is 2.23. The van der Waals surface area contributed by atoms with Gasteiger partial charge in [-0.05, 0) is 11.5 Å². The minimum absolute atomic E-state index is 0.0306. The minimum atomic E-state index is -1.20. The van der Waals surface area contributed by atoms with E-state index in [0.29, 0.717) is 12.3 Å². The molecule has 9 heteroatoms. The lowest BCUT2D eigenvalue weighted by molar-refractivity contribution is -0.145. The Bertz CT molecular complexity index is 679. The molecule has 32 heavy (non-hydrogen) atoms. The third-order valence-corrected chi connectivity index (χ3v) is 6.20. The first-order valence-corrected chi connectivity index (χ1v) is 11.8. The molecule has 4 unspecified atom stereocenters. The maximum atomic E-state index is 13.1. The third-order valence-electron chi connectivity index (χ3n) is 5.73. The van der Waals surface area contributed by atoms with Crippen molar-refractivity contribution in [2.45, 2.75) is 63.8 Å². The van der Waals surface area contributed by atoms with E-state index in [-0.39, 0.29) is 43.6 Å². The van der Waals surface area contributed by atoms with Gasteiger partial charge in [0.15, 0.2) is 0 Å². The number of benzene rings is 1. The van der Waals surface area contributed by atoms with Gasteiger partial charge < -0.3 is 31.3 Å². The molecule has 0 aromatic heterocycles. The van der Waals surface area contributed by atoms with Gasteiger partial charge in [0, 0.05) is 43.3 Å². The molecule has 1 rings (SSSR count). The van der Waals surface area contributed by atoms with Crippen LogP contribution in [0.5, 0.6) is 0 Å². The fourth-order valence-corrected chi connectivity index (χ4v) is 3.43. The summed E-state index contributed by atoms with van der Waals surface area (Å²) in [5, 5.41) is 24.4. The quantitative estimate of drug-likeness (QED) is 0.202. The van der Waals surface area contributed by atoms with Gasteiger partial charge in [0.2, 0.25) is 5.91 Å². The maximum Gasteiger partial charge on any atom is 0.326 e. The first-order valence-electron chi connectivity index (χ1n) is 11.1. The van der Waals surface area contributed by atoms with Crippen LogP contribution in [0.1, 0.15) is 45.1 Å². The zero-order valence-electron chi connectivity index (χ0n) is 19.2. The Labute approximate surface area is 196 Å². The molecule has 0 spiro atoms. The second kappa shape index (κ2) is 15.2. The highest BCUT2D eigenvalue weighted by Gasteiger charge is 2.32. The number of aliphatic hydroxyl groups excluding tert-OH is 1. The van der Waals surface area contributed by atoms with Crippen molar-refractivity contribution in [3.8, 4) is 0 Å². The lowest BCUT2D eigenvalue weighted by Crippen LogP contribution is -2.50. The van der Waals surface area contributed by atoms with Gasteiger partial charge in [0.1, 0.15) is 12.1 Å². The molecule has 0 bridgehead atoms. The van der Waals surface area contributed by atoms with Crippen LogP contribution in [0.4, 0.5) is 0 Å². The molecule has 1 aromatic carbocycles. The summed E-state index contributed by atoms with van der Waals surface area (Å²) < 4.78 is 6.14. The molecule has 0 radical (unpaired) electrons. The molecule has 1 aromatic rings. The van der Waals surface area contributed by atoms with E-state index in [9.17, 15) is 14.7 Å². The predicted octanol–water partition coefficient (Wildman–Crippen LogP) is 1.39. The van der Waals surface area contributed by atoms with Gasteiger partial charge >= 0.3 is 5.97 Å². The van der Waals surface area contributed by atoms with Crippen LogP contribution in [0.2, 0.25) is 0 Å². The summed E-state index contributed by atoms with van der Waals surface area (Å²) in [6, 6.07) is 8.17. The van der Waals surface area contributed by atoms with E-state index in [1.807, 2.05) is 37.3 Å². The van der Waals surface area contributed by atoms with E-state index in [0.717, 1.165) is 12.0 Å². The predicted molar refractivity (Wildman–Crippen MR) is 129 cm³/mol. The first kappa shape index (κ1) is 28.4. The average Bonchev–Trinajstić information content (AvgIpc) is 2.80. The van der Waals surface area contributed by atoms with E-state index in [4.69, 9.17) is 15.6 Å². The fraction of sp³-hybridized carbons (Fsp3) is 0.652. The third kappa shape index (κ3) is 9.46. The molecule has 6 atom stereocenters. The SMILES string of the molecule is CCC(C)C(COC(C(=O)N[C@H](CCO)C(=O)O)[C@@H](C)c1ccccc1)NCC(N)CS. The minimum Gasteiger partial charge on any atom is -0.480 e. The average molecular weight is 470 g/mol. The lowest BCUT2D eigenvalue weighted by Gasteiger charge is -2.30. The number of hydrogen-bond donors (Lipinski definition) is 6. The fourth-order valence-electron chi connectivity index (χ4n) is 3.30. The molecule has 182 valence electrons. The highest BCUT2D eigenvalue weighted by molar-refractivity contribution is 7.80. The summed E-state index contributed by atoms with van der Waals surface area (Å²) in [7, 11) is 0. The Kier molecular flexibility index (Phi) is 13.5. The monoisotopic (exact) mass is 469 g/mol. The van der Waals surface area contributed by atoms with Gasteiger partial charge in [-0.25, -0.2) is 4.79 Å². The number of carbonyl (C=O) groups is 2. The lowest BCUT2D eigenvalue weighted by atomic mass is 9.94. The topological polar surface area (TPSA) is 134 Å². The largest absolute Gasteiger partial charge is 0.480 e. The molecule has 0 aliphatic rings. The molecule has 0 aliphatic heterocycles. The summed E-state index contributed by atoms with van der Waals surface area (Å²) in [6.45, 7) is 6.56. The molecule has 6 N–H and O–H groups in total. The Morgan fingerprint density at radius 3 is 2.41 bits per heavy atom. The van der Waals surface area contributed by atoms with E-state index < -0.39 is 24.0 Å². The standard InChI is InChI=1S/C23H39N3O5S/c1-4-15(2)20(25-12-18(24)14-32)13-31-21(16(3)17-8-6-5-7-9-17)22(28)26-19(10-11-27)23(29)30/h5-9,15-16,18-21,25,27,32H,4,10-14,24H2,1-3H3,(H,26,28)(H,29,30)/t15?,16-,18?,19+,20?,21?/m0/s1. The van der Waals surface area contributed by atoms with Crippen LogP contribution < -0.4 is 16.4 Å². The van der Waals surface area contributed by atoms with Gasteiger partial charge in [0.05, 0.1) is 6.61 Å². The van der Waals surface area contributed by atoms with E-state index in [2.05, 4.69) is 37.1 Å². The molecule has 0 heterocycles. The van der Waals surface area contributed by atoms with Crippen LogP contribution >= 0.6 is 12.6 Å². The van der Waals surface area contributed by atoms with Gasteiger partial charge in [-0.3, -0.25) is 4.79 Å². The Morgan fingerprint density at radius 1 is 1.22 bits per heavy atom. The number of rotatable bonds is 16. The summed E-state index contributed by atoms with van der Waals surface area (Å²) in [5.74, 6) is -1.19. The van der Waals surface area contributed by atoms with Crippen molar-refractivity contribution in [1.29, 1.82) is 0 Å². The normalized spacial score (nSPS) is 17.1. The molecular weight excluding hydrogens is 430 g/mol. The summed E-state index contributed by atoms with van der Waals surface area (Å²) in [6.07, 6.45) is -0.0590. The molecule has 0 saturated carbocycles. The second-order valence-corrected chi connectivity index (χ2v) is 8.57. The van der Waals surface area contributed by atoms with Crippen LogP contribution in [0.3, 0.4) is 0 Å². The molecule has 0 fully saturated rings. The number of aliphatic carboxylic acids is 1. The van der Waals surface area contributed by atoms with Crippen molar-refractivity contribution < 1.29 is 24.5 Å². The number of carboxylic acid groups (broad SMARTS) is 1. The zero-order chi connectivity index (χ0) is 24.1. The number of carbonyl (C=O) groups excluding carboxylic acids is 1. The summed E-state index contributed by atoms with van der Waals surface area (Å²) in [4.78, 5) is 24.5. The van der Waals surface area contributed by atoms with Crippen molar-refractivity contribution in [3.05, 3.63) is 35.9 Å². The van der Waals surface area contributed by atoms with Crippen LogP contribution in [-0.2, 0) is 14.3 Å². The summed E-state index contributed by atoms with van der Waals surface area (Å²) in [5.41, 5.74) is 6.89. The Hall–Kier alpha value is -1.65. The summed E-state index contributed by atoms with van der Waals surface area (Å²) >= 11 is 4.22. The van der Waals surface area contributed by atoms with Crippen LogP contribution in [-0.4, -0.2) is 71.8 Å². The van der Waals surface area contributed by atoms with Crippen molar-refractivity contribution in [2.75, 3.05) is 25.5 Å². The number of amides is 1. The van der Waals surface area contributed by atoms with Crippen molar-refractivity contribution >= 4 is 24.5 Å². The molecule has 1 amide bonds. The van der Waals surface area contributed by atoms with Gasteiger partial charge in [-0.2, -0.15) is 12.6 Å². The first-order chi connectivity index (χ1) is 15.2. The number of nitrogens with two attached hydrogens (primary N) is 1. The maximum absolute atomic E-state index is 13.1. The van der Waals surface area contributed by atoms with E-state index in [1.165, 1.54) is 0 Å². The van der Waals surface area contributed by atoms with Gasteiger partial charge in [0.25, 0.3) is 0 Å². The molecular formula is C23H39N3O5S. The van der Waals surface area contributed by atoms with Crippen molar-refractivity contribution in [1.82, 2.24) is 10.6 Å². The van der Waals surface area contributed by atoms with E-state index in [1.54, 1.807) is 0 Å². The Balaban J connectivity index is 3.02. The number of carboxylic acids is 1. The number of thiol groups is 1. The number of hydrogen-bond acceptors (Lipinski definition) is 7. The second-order valence-electron chi connectivity index (χ2n) is 8.21. The molecule has 0 aliphatic carbocycles. The van der Waals surface area contributed by atoms with Crippen molar-refractivity contribution in [3.63, 3.8) is 0 Å². The number of aliphatic hydroxyl groups is 1. The van der Waals surface area contributed by atoms with Crippen LogP contribution in [0, 0.1) is 5.92 Å². The molecule has 8 nitrogen and oxygen atoms in total. The van der Waals surface area contributed by atoms with Gasteiger partial charge in [-0.1, -0.05) is 57.5 Å². The zero-order valence-corrected chi connectivity index (χ0v) is 20.1. The Morgan fingerprint density at radius 2 is 1.88 bits per heavy atom.